The van der Waals surface area contributed by atoms with Crippen molar-refractivity contribution in [3.63, 3.8) is 0 Å². The van der Waals surface area contributed by atoms with Crippen LogP contribution in [-0.4, -0.2) is 0 Å². The topological polar surface area (TPSA) is 0 Å². The number of rotatable bonds is 0. The molecule has 0 aliphatic heterocycles. The van der Waals surface area contributed by atoms with Crippen molar-refractivity contribution in [2.24, 2.45) is 0 Å². The molecule has 0 heterocycles. The summed E-state index contributed by atoms with van der Waals surface area (Å²) < 4.78 is 0. The minimum Gasteiger partial charge on any atom is -1.00 e. The Labute approximate surface area is 85.3 Å². The average Bonchev–Trinajstić information content (AvgIpc) is 1.00. The fourth-order valence-corrected chi connectivity index (χ4v) is 0. The first-order chi connectivity index (χ1) is 1.00. The van der Waals surface area contributed by atoms with Crippen molar-refractivity contribution in [1.29, 1.82) is 0 Å². The zero-order chi connectivity index (χ0) is 2.00. The summed E-state index contributed by atoms with van der Waals surface area (Å²) in [6.45, 7) is 0. The second kappa shape index (κ2) is 29.4. The van der Waals surface area contributed by atoms with Crippen LogP contribution in [0.1, 0.15) is 0 Å². The second-order valence-corrected chi connectivity index (χ2v) is 0. The Morgan fingerprint density at radius 2 is 0.800 bits per heavy atom. The van der Waals surface area contributed by atoms with Crippen LogP contribution in [-0.2, 0) is 86.5 Å². The zero-order valence-electron chi connectivity index (χ0n) is 2.02. The van der Waals surface area contributed by atoms with E-state index in [-0.39, 0.29) is 63.2 Å². The zero-order valence-corrected chi connectivity index (χ0v) is 11.3. The predicted molar refractivity (Wildman–Crippen MR) is 14.7 cm³/mol. The molecule has 0 N–H and O–H groups in total. The molecule has 33 valence electrons. The van der Waals surface area contributed by atoms with Gasteiger partial charge in [0.2, 0.25) is 0 Å². The number of hydrogen-bond acceptors (Lipinski definition) is 2. The first-order valence-corrected chi connectivity index (χ1v) is 1.50. The molecule has 0 aromatic heterocycles. The summed E-state index contributed by atoms with van der Waals surface area (Å²) in [6.07, 6.45) is 0. The van der Waals surface area contributed by atoms with Crippen molar-refractivity contribution in [3.8, 4) is 0 Å². The molecule has 0 bridgehead atoms. The molecule has 0 saturated carbocycles. The van der Waals surface area contributed by atoms with E-state index in [2.05, 4.69) is 23.3 Å². The minimum absolute atomic E-state index is 0. The van der Waals surface area contributed by atoms with Crippen molar-refractivity contribution in [1.82, 2.24) is 0 Å². The molecule has 0 rings (SSSR count). The summed E-state index contributed by atoms with van der Waals surface area (Å²) in [4.78, 5) is 0. The van der Waals surface area contributed by atoms with Gasteiger partial charge in [0, 0.05) is 63.2 Å². The van der Waals surface area contributed by atoms with Crippen LogP contribution in [0.3, 0.4) is 0 Å². The Bertz CT molecular complexity index is 7.61. The summed E-state index contributed by atoms with van der Waals surface area (Å²) in [7, 11) is 0. The van der Waals surface area contributed by atoms with Gasteiger partial charge in [0.25, 0.3) is 0 Å². The van der Waals surface area contributed by atoms with Crippen LogP contribution < -0.4 is 0 Å². The Hall–Kier alpha value is 2.76. The fourth-order valence-electron chi connectivity index (χ4n) is 0. The third-order valence-electron chi connectivity index (χ3n) is 0. The summed E-state index contributed by atoms with van der Waals surface area (Å²) >= 11 is 7.33. The van der Waals surface area contributed by atoms with Crippen LogP contribution in [0.25, 0.3) is 0 Å². The molecule has 5 heteroatoms. The van der Waals surface area contributed by atoms with Crippen LogP contribution in [0.5, 0.6) is 0 Å². The van der Waals surface area contributed by atoms with E-state index in [0.29, 0.717) is 0 Å². The van der Waals surface area contributed by atoms with Gasteiger partial charge in [-0.25, -0.2) is 0 Å². The molecule has 0 aromatic carbocycles. The Morgan fingerprint density at radius 3 is 0.800 bits per heavy atom. The molecule has 0 amide bonds. The van der Waals surface area contributed by atoms with Crippen molar-refractivity contribution >= 4 is 23.3 Å². The monoisotopic (exact) mass is 531 g/mol. The van der Waals surface area contributed by atoms with Crippen molar-refractivity contribution in [2.45, 2.75) is 0 Å². The van der Waals surface area contributed by atoms with E-state index in [9.17, 15) is 0 Å². The normalized spacial score (nSPS) is 1.20. The molecule has 0 aliphatic rings. The van der Waals surface area contributed by atoms with Gasteiger partial charge in [0.05, 0.1) is 0 Å². The van der Waals surface area contributed by atoms with E-state index in [4.69, 9.17) is 0 Å². The summed E-state index contributed by atoms with van der Waals surface area (Å²) in [5.41, 5.74) is 0. The van der Waals surface area contributed by atoms with Crippen molar-refractivity contribution in [2.75, 3.05) is 0 Å². The van der Waals surface area contributed by atoms with Crippen molar-refractivity contribution in [3.05, 3.63) is 0 Å². The standard InChI is InChI=1S/Nb.2Re.S2/c;;;1-2/q;;;-2. The molecule has 0 atom stereocenters. The third kappa shape index (κ3) is 20.1. The Morgan fingerprint density at radius 1 is 0.800 bits per heavy atom. The van der Waals surface area contributed by atoms with Crippen LogP contribution in [0.4, 0.5) is 0 Å². The van der Waals surface area contributed by atoms with E-state index in [0.717, 1.165) is 0 Å². The van der Waals surface area contributed by atoms with Gasteiger partial charge in [-0.3, -0.25) is 0 Å². The van der Waals surface area contributed by atoms with E-state index in [1.807, 2.05) is 0 Å². The van der Waals surface area contributed by atoms with Gasteiger partial charge in [0.1, 0.15) is 0 Å². The minimum atomic E-state index is 0. The largest absolute Gasteiger partial charge is 1.00 e. The van der Waals surface area contributed by atoms with Gasteiger partial charge >= 0.3 is 0 Å². The smallest absolute Gasteiger partial charge is 0 e. The number of hydrogen-bond donors (Lipinski definition) is 0. The molecule has 0 unspecified atom stereocenters. The van der Waals surface area contributed by atoms with Crippen LogP contribution in [0.2, 0.25) is 0 Å². The van der Waals surface area contributed by atoms with Crippen LogP contribution >= 0.6 is 0 Å². The van der Waals surface area contributed by atoms with E-state index in [1.165, 1.54) is 0 Å². The predicted octanol–water partition coefficient (Wildman–Crippen LogP) is -0.0123. The van der Waals surface area contributed by atoms with Gasteiger partial charge in [-0.05, 0) is 0 Å². The third-order valence-corrected chi connectivity index (χ3v) is 0. The van der Waals surface area contributed by atoms with Gasteiger partial charge in [-0.2, -0.15) is 0 Å². The maximum atomic E-state index is 3.67. The van der Waals surface area contributed by atoms with Gasteiger partial charge in [-0.15, -0.1) is 0 Å². The average molecular weight is 529 g/mol. The van der Waals surface area contributed by atoms with Crippen LogP contribution in [0.15, 0.2) is 0 Å². The van der Waals surface area contributed by atoms with Gasteiger partial charge in [0.15, 0.2) is 0 Å². The molecule has 0 saturated heterocycles. The van der Waals surface area contributed by atoms with E-state index >= 15 is 0 Å². The second-order valence-electron chi connectivity index (χ2n) is 0. The summed E-state index contributed by atoms with van der Waals surface area (Å²) in [5, 5.41) is 0. The molecule has 0 nitrogen and oxygen atoms in total. The SMILES string of the molecule is [Nb].[Re].[Re].[S-][S-]. The first kappa shape index (κ1) is 25.1. The molecule has 0 spiro atoms. The van der Waals surface area contributed by atoms with Crippen LogP contribution in [0, 0.1) is 0 Å². The molecular formula is NbRe2S2-2. The van der Waals surface area contributed by atoms with Gasteiger partial charge < -0.3 is 23.3 Å². The maximum Gasteiger partial charge on any atom is 0 e. The molecular weight excluding hydrogens is 529 g/mol. The van der Waals surface area contributed by atoms with Gasteiger partial charge in [-0.1, -0.05) is 0 Å². The summed E-state index contributed by atoms with van der Waals surface area (Å²) in [6, 6.07) is 0. The first-order valence-electron chi connectivity index (χ1n) is 0.167. The van der Waals surface area contributed by atoms with E-state index in [1.54, 1.807) is 0 Å². The molecule has 5 heavy (non-hydrogen) atoms. The molecule has 0 aliphatic carbocycles. The van der Waals surface area contributed by atoms with Crippen molar-refractivity contribution < 1.29 is 63.2 Å². The molecule has 0 aromatic rings. The molecule has 3 radical (unpaired) electrons. The quantitative estimate of drug-likeness (QED) is 0.246. The molecule has 0 fully saturated rings. The van der Waals surface area contributed by atoms with E-state index < -0.39 is 0 Å². The Kier molecular flexibility index (Phi) is 147. The summed E-state index contributed by atoms with van der Waals surface area (Å²) in [5.74, 6) is 0. The Balaban J connectivity index is -0.00000000167. The fraction of sp³-hybridized carbons (Fsp3) is 0. The maximum absolute atomic E-state index is 3.67.